The van der Waals surface area contributed by atoms with Crippen LogP contribution in [0.5, 0.6) is 0 Å². The summed E-state index contributed by atoms with van der Waals surface area (Å²) in [6.07, 6.45) is 10.2. The van der Waals surface area contributed by atoms with Gasteiger partial charge in [0.15, 0.2) is 0 Å². The van der Waals surface area contributed by atoms with E-state index in [1.54, 1.807) is 0 Å². The van der Waals surface area contributed by atoms with E-state index >= 15 is 0 Å². The van der Waals surface area contributed by atoms with Crippen LogP contribution >= 0.6 is 0 Å². The number of rotatable bonds is 6. The Labute approximate surface area is 116 Å². The molecular formula is C14H24N4Si. The number of hydrogen-bond donors (Lipinski definition) is 0. The molecule has 2 aromatic heterocycles. The molecule has 0 amide bonds. The van der Waals surface area contributed by atoms with Crippen molar-refractivity contribution in [1.29, 1.82) is 0 Å². The van der Waals surface area contributed by atoms with Crippen LogP contribution in [-0.4, -0.2) is 26.8 Å². The third-order valence-electron chi connectivity index (χ3n) is 4.10. The minimum Gasteiger partial charge on any atom is -0.343 e. The summed E-state index contributed by atoms with van der Waals surface area (Å²) in [4.78, 5) is 9.05. The number of imidazole rings is 2. The fraction of sp³-hybridized carbons (Fsp3) is 0.571. The molecule has 2 aromatic rings. The lowest BCUT2D eigenvalue weighted by Crippen LogP contribution is -2.51. The van der Waals surface area contributed by atoms with E-state index in [1.807, 2.05) is 12.4 Å². The molecule has 0 saturated heterocycles. The van der Waals surface area contributed by atoms with Crippen LogP contribution < -0.4 is 0 Å². The van der Waals surface area contributed by atoms with Crippen molar-refractivity contribution in [1.82, 2.24) is 18.4 Å². The SMILES string of the molecule is CCc1nccn1[Si](CC)(CC)n1ccnc1CC. The lowest BCUT2D eigenvalue weighted by atomic mass is 10.5. The Morgan fingerprint density at radius 1 is 0.842 bits per heavy atom. The molecule has 0 radical (unpaired) electrons. The molecule has 19 heavy (non-hydrogen) atoms. The molecule has 0 saturated carbocycles. The van der Waals surface area contributed by atoms with Gasteiger partial charge in [0.05, 0.1) is 0 Å². The van der Waals surface area contributed by atoms with Gasteiger partial charge in [-0.2, -0.15) is 0 Å². The van der Waals surface area contributed by atoms with Gasteiger partial charge in [0, 0.05) is 37.6 Å². The second-order valence-corrected chi connectivity index (χ2v) is 9.17. The Bertz CT molecular complexity index is 481. The summed E-state index contributed by atoms with van der Waals surface area (Å²) in [5, 5.41) is 0. The Kier molecular flexibility index (Phi) is 4.24. The molecule has 4 nitrogen and oxygen atoms in total. The van der Waals surface area contributed by atoms with Gasteiger partial charge >= 0.3 is 0 Å². The monoisotopic (exact) mass is 276 g/mol. The van der Waals surface area contributed by atoms with E-state index in [0.717, 1.165) is 24.9 Å². The first-order chi connectivity index (χ1) is 9.23. The van der Waals surface area contributed by atoms with Crippen molar-refractivity contribution >= 4 is 8.40 Å². The van der Waals surface area contributed by atoms with Gasteiger partial charge in [-0.1, -0.05) is 27.7 Å². The molecule has 0 spiro atoms. The van der Waals surface area contributed by atoms with Crippen LogP contribution in [0.2, 0.25) is 12.1 Å². The van der Waals surface area contributed by atoms with Crippen molar-refractivity contribution in [2.45, 2.75) is 52.6 Å². The lowest BCUT2D eigenvalue weighted by Gasteiger charge is -2.34. The second-order valence-electron chi connectivity index (χ2n) is 4.82. The van der Waals surface area contributed by atoms with Crippen molar-refractivity contribution in [2.75, 3.05) is 0 Å². The zero-order valence-electron chi connectivity index (χ0n) is 12.4. The summed E-state index contributed by atoms with van der Waals surface area (Å²) in [7, 11) is -1.81. The van der Waals surface area contributed by atoms with E-state index in [9.17, 15) is 0 Å². The van der Waals surface area contributed by atoms with Gasteiger partial charge in [0.25, 0.3) is 8.40 Å². The van der Waals surface area contributed by atoms with Gasteiger partial charge in [-0.05, 0) is 12.1 Å². The molecule has 2 rings (SSSR count). The molecule has 0 aliphatic heterocycles. The minimum absolute atomic E-state index is 0.984. The lowest BCUT2D eigenvalue weighted by molar-refractivity contribution is 0.822. The Morgan fingerprint density at radius 3 is 1.58 bits per heavy atom. The number of hydrogen-bond acceptors (Lipinski definition) is 2. The van der Waals surface area contributed by atoms with Crippen molar-refractivity contribution in [2.24, 2.45) is 0 Å². The van der Waals surface area contributed by atoms with E-state index in [0.29, 0.717) is 0 Å². The summed E-state index contributed by atoms with van der Waals surface area (Å²) in [5.41, 5.74) is 0. The Morgan fingerprint density at radius 2 is 1.26 bits per heavy atom. The largest absolute Gasteiger partial charge is 0.343 e. The van der Waals surface area contributed by atoms with E-state index in [4.69, 9.17) is 0 Å². The van der Waals surface area contributed by atoms with Crippen LogP contribution in [0.3, 0.4) is 0 Å². The average Bonchev–Trinajstić information content (AvgIpc) is 3.10. The van der Waals surface area contributed by atoms with Crippen LogP contribution in [0.15, 0.2) is 24.8 Å². The van der Waals surface area contributed by atoms with Crippen LogP contribution in [-0.2, 0) is 12.8 Å². The molecule has 0 bridgehead atoms. The number of nitrogens with zero attached hydrogens (tertiary/aromatic N) is 4. The molecule has 5 heteroatoms. The maximum absolute atomic E-state index is 4.53. The van der Waals surface area contributed by atoms with Crippen molar-refractivity contribution in [3.8, 4) is 0 Å². The minimum atomic E-state index is -1.81. The first-order valence-electron chi connectivity index (χ1n) is 7.28. The Hall–Kier alpha value is -1.36. The highest BCUT2D eigenvalue weighted by Gasteiger charge is 2.37. The molecule has 0 N–H and O–H groups in total. The van der Waals surface area contributed by atoms with Gasteiger partial charge in [0.1, 0.15) is 11.6 Å². The van der Waals surface area contributed by atoms with Crippen LogP contribution in [0, 0.1) is 0 Å². The molecule has 0 aromatic carbocycles. The predicted molar refractivity (Wildman–Crippen MR) is 80.7 cm³/mol. The topological polar surface area (TPSA) is 35.6 Å². The van der Waals surface area contributed by atoms with Gasteiger partial charge < -0.3 is 8.47 Å². The summed E-state index contributed by atoms with van der Waals surface area (Å²) < 4.78 is 4.93. The van der Waals surface area contributed by atoms with Gasteiger partial charge in [-0.25, -0.2) is 9.97 Å². The first kappa shape index (κ1) is 14.1. The van der Waals surface area contributed by atoms with E-state index in [1.165, 1.54) is 11.6 Å². The van der Waals surface area contributed by atoms with Crippen LogP contribution in [0.4, 0.5) is 0 Å². The van der Waals surface area contributed by atoms with Gasteiger partial charge in [-0.15, -0.1) is 0 Å². The fourth-order valence-corrected chi connectivity index (χ4v) is 7.17. The molecule has 2 heterocycles. The molecular weight excluding hydrogens is 252 g/mol. The maximum Gasteiger partial charge on any atom is 0.273 e. The smallest absolute Gasteiger partial charge is 0.273 e. The standard InChI is InChI=1S/C14H24N4Si/c1-5-13-15-9-11-17(13)19(7-3,8-4)18-12-10-16-14(18)6-2/h9-12H,5-8H2,1-4H3. The molecule has 0 atom stereocenters. The van der Waals surface area contributed by atoms with Crippen molar-refractivity contribution in [3.05, 3.63) is 36.4 Å². The molecule has 0 unspecified atom stereocenters. The summed E-state index contributed by atoms with van der Waals surface area (Å²) in [6.45, 7) is 8.96. The van der Waals surface area contributed by atoms with E-state index < -0.39 is 8.40 Å². The van der Waals surface area contributed by atoms with E-state index in [2.05, 4.69) is 58.5 Å². The van der Waals surface area contributed by atoms with Crippen LogP contribution in [0.1, 0.15) is 39.3 Å². The predicted octanol–water partition coefficient (Wildman–Crippen LogP) is 3.08. The van der Waals surface area contributed by atoms with Crippen LogP contribution in [0.25, 0.3) is 0 Å². The molecule has 0 aliphatic rings. The third kappa shape index (κ3) is 2.16. The number of aromatic nitrogens is 4. The normalized spacial score (nSPS) is 12.0. The quantitative estimate of drug-likeness (QED) is 0.760. The zero-order chi connectivity index (χ0) is 13.9. The second kappa shape index (κ2) is 5.73. The van der Waals surface area contributed by atoms with E-state index in [-0.39, 0.29) is 0 Å². The zero-order valence-corrected chi connectivity index (χ0v) is 13.4. The maximum atomic E-state index is 4.53. The van der Waals surface area contributed by atoms with Gasteiger partial charge in [-0.3, -0.25) is 0 Å². The Balaban J connectivity index is 2.61. The van der Waals surface area contributed by atoms with Crippen molar-refractivity contribution in [3.63, 3.8) is 0 Å². The summed E-state index contributed by atoms with van der Waals surface area (Å²) in [6, 6.07) is 2.33. The number of aryl methyl sites for hydroxylation is 2. The first-order valence-corrected chi connectivity index (χ1v) is 9.59. The highest BCUT2D eigenvalue weighted by molar-refractivity contribution is 6.76. The highest BCUT2D eigenvalue weighted by atomic mass is 28.3. The highest BCUT2D eigenvalue weighted by Crippen LogP contribution is 2.24. The van der Waals surface area contributed by atoms with Gasteiger partial charge in [0.2, 0.25) is 0 Å². The molecule has 104 valence electrons. The average molecular weight is 276 g/mol. The fourth-order valence-electron chi connectivity index (χ4n) is 3.00. The molecule has 0 aliphatic carbocycles. The molecule has 0 fully saturated rings. The summed E-state index contributed by atoms with van der Waals surface area (Å²) in [5.74, 6) is 2.40. The third-order valence-corrected chi connectivity index (χ3v) is 8.97. The summed E-state index contributed by atoms with van der Waals surface area (Å²) >= 11 is 0. The van der Waals surface area contributed by atoms with Crippen molar-refractivity contribution < 1.29 is 0 Å².